The number of hydrogen-bond acceptors (Lipinski definition) is 7. The van der Waals surface area contributed by atoms with Gasteiger partial charge in [0.2, 0.25) is 0 Å². The second-order valence-electron chi connectivity index (χ2n) is 6.14. The highest BCUT2D eigenvalue weighted by Crippen LogP contribution is 2.36. The zero-order chi connectivity index (χ0) is 21.3. The molecule has 0 spiro atoms. The number of benzene rings is 2. The lowest BCUT2D eigenvalue weighted by molar-refractivity contribution is -0.385. The maximum absolute atomic E-state index is 12.9. The number of rotatable bonds is 4. The number of imide groups is 2. The Morgan fingerprint density at radius 3 is 2.55 bits per heavy atom. The first-order chi connectivity index (χ1) is 13.7. The number of aromatic hydroxyl groups is 1. The monoisotopic (exact) mass is 397 g/mol. The second-order valence-corrected chi connectivity index (χ2v) is 6.14. The van der Waals surface area contributed by atoms with Crippen LogP contribution in [0.4, 0.5) is 16.2 Å². The Kier molecular flexibility index (Phi) is 5.01. The van der Waals surface area contributed by atoms with E-state index >= 15 is 0 Å². The van der Waals surface area contributed by atoms with Crippen LogP contribution >= 0.6 is 0 Å². The SMILES string of the molecule is COc1cc([N+](=O)[O-])cc(/C=C2/C(=O)NC(=O)N(c3cccc(C)c3)C2=O)c1O. The quantitative estimate of drug-likeness (QED) is 0.349. The van der Waals surface area contributed by atoms with Gasteiger partial charge in [0.15, 0.2) is 11.5 Å². The third kappa shape index (κ3) is 3.63. The van der Waals surface area contributed by atoms with Crippen LogP contribution in [0.25, 0.3) is 6.08 Å². The van der Waals surface area contributed by atoms with Crippen molar-refractivity contribution in [3.8, 4) is 11.5 Å². The number of urea groups is 1. The Morgan fingerprint density at radius 2 is 1.93 bits per heavy atom. The summed E-state index contributed by atoms with van der Waals surface area (Å²) in [7, 11) is 1.20. The number of carbonyl (C=O) groups excluding carboxylic acids is 3. The first kappa shape index (κ1) is 19.5. The molecule has 1 heterocycles. The van der Waals surface area contributed by atoms with E-state index in [4.69, 9.17) is 4.74 Å². The highest BCUT2D eigenvalue weighted by Gasteiger charge is 2.37. The zero-order valence-electron chi connectivity index (χ0n) is 15.3. The number of nitrogens with one attached hydrogen (secondary N) is 1. The fraction of sp³-hybridized carbons (Fsp3) is 0.105. The van der Waals surface area contributed by atoms with Crippen molar-refractivity contribution in [3.63, 3.8) is 0 Å². The molecular formula is C19H15N3O7. The number of methoxy groups -OCH3 is 1. The van der Waals surface area contributed by atoms with Gasteiger partial charge in [0, 0.05) is 11.6 Å². The van der Waals surface area contributed by atoms with Crippen molar-refractivity contribution in [1.29, 1.82) is 0 Å². The zero-order valence-corrected chi connectivity index (χ0v) is 15.3. The molecule has 148 valence electrons. The van der Waals surface area contributed by atoms with E-state index in [2.05, 4.69) is 0 Å². The highest BCUT2D eigenvalue weighted by atomic mass is 16.6. The molecule has 1 saturated heterocycles. The van der Waals surface area contributed by atoms with E-state index in [0.29, 0.717) is 0 Å². The number of ether oxygens (including phenoxy) is 1. The van der Waals surface area contributed by atoms with E-state index < -0.39 is 39.8 Å². The molecule has 4 amide bonds. The molecule has 0 aliphatic carbocycles. The molecule has 1 aliphatic heterocycles. The third-order valence-electron chi connectivity index (χ3n) is 4.18. The Balaban J connectivity index is 2.12. The number of anilines is 1. The molecule has 0 unspecified atom stereocenters. The number of amides is 4. The van der Waals surface area contributed by atoms with Crippen LogP contribution in [0.3, 0.4) is 0 Å². The normalized spacial score (nSPS) is 15.4. The van der Waals surface area contributed by atoms with Crippen LogP contribution in [-0.4, -0.2) is 35.0 Å². The lowest BCUT2D eigenvalue weighted by atomic mass is 10.0. The molecule has 1 aliphatic rings. The number of carbonyl (C=O) groups is 3. The van der Waals surface area contributed by atoms with Crippen LogP contribution in [0, 0.1) is 17.0 Å². The average molecular weight is 397 g/mol. The summed E-state index contributed by atoms with van der Waals surface area (Å²) in [4.78, 5) is 48.5. The fourth-order valence-corrected chi connectivity index (χ4v) is 2.80. The minimum atomic E-state index is -0.992. The number of phenols is 1. The fourth-order valence-electron chi connectivity index (χ4n) is 2.80. The summed E-state index contributed by atoms with van der Waals surface area (Å²) < 4.78 is 4.91. The number of non-ortho nitro benzene ring substituents is 1. The Hall–Kier alpha value is -4.21. The van der Waals surface area contributed by atoms with E-state index in [-0.39, 0.29) is 17.0 Å². The van der Waals surface area contributed by atoms with Gasteiger partial charge in [-0.05, 0) is 30.7 Å². The minimum Gasteiger partial charge on any atom is -0.504 e. The number of phenolic OH excluding ortho intramolecular Hbond substituents is 1. The van der Waals surface area contributed by atoms with Crippen LogP contribution in [-0.2, 0) is 9.59 Å². The first-order valence-electron chi connectivity index (χ1n) is 8.26. The summed E-state index contributed by atoms with van der Waals surface area (Å²) in [5, 5.41) is 23.4. The van der Waals surface area contributed by atoms with E-state index in [1.54, 1.807) is 25.1 Å². The second kappa shape index (κ2) is 7.43. The first-order valence-corrected chi connectivity index (χ1v) is 8.26. The summed E-state index contributed by atoms with van der Waals surface area (Å²) in [6, 6.07) is 7.57. The van der Waals surface area contributed by atoms with Gasteiger partial charge in [0.05, 0.1) is 23.8 Å². The molecule has 0 radical (unpaired) electrons. The van der Waals surface area contributed by atoms with Crippen molar-refractivity contribution in [2.45, 2.75) is 6.92 Å². The standard InChI is InChI=1S/C19H15N3O7/c1-10-4-3-5-12(6-10)21-18(25)14(17(24)20-19(21)26)8-11-7-13(22(27)28)9-15(29-2)16(11)23/h3-9,23H,1-2H3,(H,20,24,26)/b14-8-. The van der Waals surface area contributed by atoms with Crippen molar-refractivity contribution in [1.82, 2.24) is 5.32 Å². The molecule has 1 fully saturated rings. The van der Waals surface area contributed by atoms with Crippen LogP contribution in [0.15, 0.2) is 42.0 Å². The average Bonchev–Trinajstić information content (AvgIpc) is 2.66. The molecule has 0 bridgehead atoms. The lowest BCUT2D eigenvalue weighted by Crippen LogP contribution is -2.54. The van der Waals surface area contributed by atoms with Crippen LogP contribution in [0.5, 0.6) is 11.5 Å². The lowest BCUT2D eigenvalue weighted by Gasteiger charge is -2.26. The van der Waals surface area contributed by atoms with Gasteiger partial charge in [-0.25, -0.2) is 9.69 Å². The molecule has 10 heteroatoms. The maximum Gasteiger partial charge on any atom is 0.335 e. The van der Waals surface area contributed by atoms with Crippen molar-refractivity contribution in [2.24, 2.45) is 0 Å². The van der Waals surface area contributed by atoms with Crippen LogP contribution in [0.2, 0.25) is 0 Å². The third-order valence-corrected chi connectivity index (χ3v) is 4.18. The van der Waals surface area contributed by atoms with E-state index in [1.807, 2.05) is 5.32 Å². The van der Waals surface area contributed by atoms with Crippen LogP contribution in [0.1, 0.15) is 11.1 Å². The molecule has 0 saturated carbocycles. The summed E-state index contributed by atoms with van der Waals surface area (Å²) in [6.45, 7) is 1.77. The summed E-state index contributed by atoms with van der Waals surface area (Å²) in [5.41, 5.74) is -0.0582. The van der Waals surface area contributed by atoms with Gasteiger partial charge in [0.1, 0.15) is 5.57 Å². The van der Waals surface area contributed by atoms with Gasteiger partial charge in [-0.3, -0.25) is 25.0 Å². The number of hydrogen-bond donors (Lipinski definition) is 2. The number of barbiturate groups is 1. The van der Waals surface area contributed by atoms with Crippen LogP contribution < -0.4 is 15.0 Å². The van der Waals surface area contributed by atoms with Gasteiger partial charge < -0.3 is 9.84 Å². The number of nitro groups is 1. The maximum atomic E-state index is 12.9. The topological polar surface area (TPSA) is 139 Å². The largest absolute Gasteiger partial charge is 0.504 e. The van der Waals surface area contributed by atoms with Gasteiger partial charge in [0.25, 0.3) is 17.5 Å². The molecule has 3 rings (SSSR count). The highest BCUT2D eigenvalue weighted by molar-refractivity contribution is 6.39. The molecule has 0 atom stereocenters. The Bertz CT molecular complexity index is 1090. The van der Waals surface area contributed by atoms with Crippen molar-refractivity contribution < 1.29 is 29.2 Å². The smallest absolute Gasteiger partial charge is 0.335 e. The molecule has 2 aromatic carbocycles. The van der Waals surface area contributed by atoms with Crippen molar-refractivity contribution in [2.75, 3.05) is 12.0 Å². The summed E-state index contributed by atoms with van der Waals surface area (Å²) >= 11 is 0. The summed E-state index contributed by atoms with van der Waals surface area (Å²) in [6.07, 6.45) is 0.970. The van der Waals surface area contributed by atoms with Gasteiger partial charge >= 0.3 is 6.03 Å². The minimum absolute atomic E-state index is 0.187. The van der Waals surface area contributed by atoms with E-state index in [9.17, 15) is 29.6 Å². The summed E-state index contributed by atoms with van der Waals surface area (Å²) in [5.74, 6) is -2.63. The predicted molar refractivity (Wildman–Crippen MR) is 101 cm³/mol. The number of nitrogens with zero attached hydrogens (tertiary/aromatic N) is 2. The van der Waals surface area contributed by atoms with Crippen molar-refractivity contribution >= 4 is 35.3 Å². The van der Waals surface area contributed by atoms with Gasteiger partial charge in [-0.15, -0.1) is 0 Å². The molecular weight excluding hydrogens is 382 g/mol. The number of nitro benzene ring substituents is 1. The molecule has 2 aromatic rings. The molecule has 29 heavy (non-hydrogen) atoms. The molecule has 10 nitrogen and oxygen atoms in total. The van der Waals surface area contributed by atoms with Gasteiger partial charge in [-0.1, -0.05) is 12.1 Å². The molecule has 0 aromatic heterocycles. The van der Waals surface area contributed by atoms with Gasteiger partial charge in [-0.2, -0.15) is 0 Å². The van der Waals surface area contributed by atoms with E-state index in [0.717, 1.165) is 28.7 Å². The van der Waals surface area contributed by atoms with E-state index in [1.165, 1.54) is 13.2 Å². The van der Waals surface area contributed by atoms with Crippen molar-refractivity contribution in [3.05, 3.63) is 63.2 Å². The Morgan fingerprint density at radius 1 is 1.21 bits per heavy atom. The number of aryl methyl sites for hydroxylation is 1. The predicted octanol–water partition coefficient (Wildman–Crippen LogP) is 2.28. The molecule has 2 N–H and O–H groups in total. The Labute approximate surface area is 164 Å².